The topological polar surface area (TPSA) is 48.5 Å². The highest BCUT2D eigenvalue weighted by molar-refractivity contribution is 7.22. The van der Waals surface area contributed by atoms with Gasteiger partial charge < -0.3 is 10.2 Å². The van der Waals surface area contributed by atoms with Crippen molar-refractivity contribution in [2.45, 2.75) is 18.9 Å². The maximum Gasteiger partial charge on any atom is 0.230 e. The number of benzene rings is 1. The summed E-state index contributed by atoms with van der Waals surface area (Å²) < 4.78 is 27.4. The first-order valence-electron chi connectivity index (χ1n) is 8.48. The molecule has 1 N–H and O–H groups in total. The number of hydrogen-bond acceptors (Lipinski definition) is 5. The van der Waals surface area contributed by atoms with E-state index in [0.29, 0.717) is 15.9 Å². The summed E-state index contributed by atoms with van der Waals surface area (Å²) in [5.74, 6) is -1.52. The Morgan fingerprint density at radius 3 is 2.88 bits per heavy atom. The molecule has 8 heteroatoms. The molecule has 1 atom stereocenters. The highest BCUT2D eigenvalue weighted by Gasteiger charge is 2.34. The first-order chi connectivity index (χ1) is 12.0. The number of carbonyl (C=O) groups is 1. The van der Waals surface area contributed by atoms with Gasteiger partial charge in [-0.1, -0.05) is 11.3 Å². The lowest BCUT2D eigenvalue weighted by atomic mass is 9.94. The van der Waals surface area contributed by atoms with Crippen LogP contribution in [0.15, 0.2) is 12.1 Å². The standard InChI is InChI=1S/C17H20F2N4OS/c1-22-8-12(9-22)23-4-2-3-10(7-23)16(24)21-17-20-15-13(19)5-11(18)6-14(15)25-17/h5-6,10,12H,2-4,7-9H2,1H3,(H,20,21,24)/t10-/m1/s1. The summed E-state index contributed by atoms with van der Waals surface area (Å²) in [7, 11) is 2.10. The lowest BCUT2D eigenvalue weighted by Gasteiger charge is -2.46. The van der Waals surface area contributed by atoms with E-state index in [0.717, 1.165) is 56.4 Å². The molecule has 2 saturated heterocycles. The summed E-state index contributed by atoms with van der Waals surface area (Å²) in [6, 6.07) is 2.59. The fourth-order valence-corrected chi connectivity index (χ4v) is 4.58. The molecule has 0 bridgehead atoms. The minimum absolute atomic E-state index is 0.0858. The third-order valence-electron chi connectivity index (χ3n) is 5.03. The first-order valence-corrected chi connectivity index (χ1v) is 9.30. The molecule has 1 aromatic heterocycles. The van der Waals surface area contributed by atoms with Gasteiger partial charge in [0.15, 0.2) is 10.9 Å². The van der Waals surface area contributed by atoms with Gasteiger partial charge in [0.2, 0.25) is 5.91 Å². The number of carbonyl (C=O) groups excluding carboxylic acids is 1. The van der Waals surface area contributed by atoms with Crippen LogP contribution in [0, 0.1) is 17.6 Å². The van der Waals surface area contributed by atoms with Crippen molar-refractivity contribution >= 4 is 32.6 Å². The summed E-state index contributed by atoms with van der Waals surface area (Å²) >= 11 is 1.10. The molecule has 1 aromatic carbocycles. The number of hydrogen-bond donors (Lipinski definition) is 1. The van der Waals surface area contributed by atoms with E-state index >= 15 is 0 Å². The van der Waals surface area contributed by atoms with Crippen molar-refractivity contribution in [2.24, 2.45) is 5.92 Å². The number of amides is 1. The van der Waals surface area contributed by atoms with Crippen LogP contribution in [0.3, 0.4) is 0 Å². The zero-order valence-electron chi connectivity index (χ0n) is 14.0. The summed E-state index contributed by atoms with van der Waals surface area (Å²) in [5.41, 5.74) is 0.101. The lowest BCUT2D eigenvalue weighted by molar-refractivity contribution is -0.122. The number of thiazole rings is 1. The van der Waals surface area contributed by atoms with Crippen LogP contribution in [-0.4, -0.2) is 60.0 Å². The van der Waals surface area contributed by atoms with Crippen molar-refractivity contribution in [3.8, 4) is 0 Å². The number of likely N-dealkylation sites (tertiary alicyclic amines) is 2. The molecular formula is C17H20F2N4OS. The Morgan fingerprint density at radius 2 is 2.12 bits per heavy atom. The summed E-state index contributed by atoms with van der Waals surface area (Å²) in [4.78, 5) is 21.3. The molecule has 2 aliphatic heterocycles. The summed E-state index contributed by atoms with van der Waals surface area (Å²) in [6.45, 7) is 3.89. The Hall–Kier alpha value is -1.64. The molecule has 134 valence electrons. The monoisotopic (exact) mass is 366 g/mol. The SMILES string of the molecule is CN1CC(N2CCC[C@@H](C(=O)Nc3nc4c(F)cc(F)cc4s3)C2)C1. The predicted molar refractivity (Wildman–Crippen MR) is 93.7 cm³/mol. The number of piperidine rings is 1. The second-order valence-electron chi connectivity index (χ2n) is 6.95. The van der Waals surface area contributed by atoms with E-state index in [1.807, 2.05) is 0 Å². The lowest BCUT2D eigenvalue weighted by Crippen LogP contribution is -2.60. The number of rotatable bonds is 3. The zero-order chi connectivity index (χ0) is 17.6. The molecule has 2 aromatic rings. The van der Waals surface area contributed by atoms with E-state index in [2.05, 4.69) is 27.1 Å². The van der Waals surface area contributed by atoms with Gasteiger partial charge in [-0.2, -0.15) is 0 Å². The molecule has 0 radical (unpaired) electrons. The normalized spacial score (nSPS) is 22.9. The van der Waals surface area contributed by atoms with E-state index in [1.165, 1.54) is 6.07 Å². The van der Waals surface area contributed by atoms with Gasteiger partial charge in [-0.15, -0.1) is 0 Å². The van der Waals surface area contributed by atoms with Crippen molar-refractivity contribution in [3.05, 3.63) is 23.8 Å². The molecule has 3 heterocycles. The van der Waals surface area contributed by atoms with Crippen LogP contribution in [0.1, 0.15) is 12.8 Å². The van der Waals surface area contributed by atoms with E-state index < -0.39 is 11.6 Å². The zero-order valence-corrected chi connectivity index (χ0v) is 14.8. The van der Waals surface area contributed by atoms with Crippen LogP contribution in [0.5, 0.6) is 0 Å². The quantitative estimate of drug-likeness (QED) is 0.907. The van der Waals surface area contributed by atoms with Gasteiger partial charge in [0.05, 0.1) is 10.6 Å². The van der Waals surface area contributed by atoms with Crippen molar-refractivity contribution in [3.63, 3.8) is 0 Å². The molecule has 2 fully saturated rings. The van der Waals surface area contributed by atoms with E-state index in [-0.39, 0.29) is 17.3 Å². The molecule has 2 aliphatic rings. The van der Waals surface area contributed by atoms with Gasteiger partial charge >= 0.3 is 0 Å². The van der Waals surface area contributed by atoms with Crippen molar-refractivity contribution in [2.75, 3.05) is 38.5 Å². The third-order valence-corrected chi connectivity index (χ3v) is 5.95. The van der Waals surface area contributed by atoms with Gasteiger partial charge in [0, 0.05) is 31.7 Å². The van der Waals surface area contributed by atoms with Crippen LogP contribution >= 0.6 is 11.3 Å². The fourth-order valence-electron chi connectivity index (χ4n) is 3.67. The first kappa shape index (κ1) is 16.8. The smallest absolute Gasteiger partial charge is 0.230 e. The Kier molecular flexibility index (Phi) is 4.43. The Balaban J connectivity index is 1.43. The third kappa shape index (κ3) is 3.38. The average Bonchev–Trinajstić information content (AvgIpc) is 2.94. The second-order valence-corrected chi connectivity index (χ2v) is 7.98. The summed E-state index contributed by atoms with van der Waals surface area (Å²) in [6.07, 6.45) is 1.84. The molecule has 1 amide bonds. The molecule has 25 heavy (non-hydrogen) atoms. The van der Waals surface area contributed by atoms with Crippen LogP contribution in [0.2, 0.25) is 0 Å². The molecule has 4 rings (SSSR count). The van der Waals surface area contributed by atoms with Gasteiger partial charge in [0.1, 0.15) is 11.3 Å². The van der Waals surface area contributed by atoms with Gasteiger partial charge in [-0.25, -0.2) is 13.8 Å². The highest BCUT2D eigenvalue weighted by Crippen LogP contribution is 2.30. The van der Waals surface area contributed by atoms with Crippen LogP contribution in [0.25, 0.3) is 10.2 Å². The van der Waals surface area contributed by atoms with Crippen LogP contribution in [0.4, 0.5) is 13.9 Å². The molecule has 5 nitrogen and oxygen atoms in total. The minimum atomic E-state index is -0.704. The maximum atomic E-state index is 13.8. The number of halogens is 2. The number of nitrogens with one attached hydrogen (secondary N) is 1. The Labute approximate surface area is 148 Å². The fraction of sp³-hybridized carbons (Fsp3) is 0.529. The largest absolute Gasteiger partial charge is 0.303 e. The maximum absolute atomic E-state index is 13.8. The van der Waals surface area contributed by atoms with Crippen LogP contribution < -0.4 is 5.32 Å². The second kappa shape index (κ2) is 6.59. The molecule has 0 saturated carbocycles. The van der Waals surface area contributed by atoms with Gasteiger partial charge in [-0.3, -0.25) is 9.69 Å². The number of likely N-dealkylation sites (N-methyl/N-ethyl adjacent to an activating group) is 1. The summed E-state index contributed by atoms with van der Waals surface area (Å²) in [5, 5.41) is 3.12. The van der Waals surface area contributed by atoms with Crippen molar-refractivity contribution in [1.82, 2.24) is 14.8 Å². The molecule has 0 unspecified atom stereocenters. The minimum Gasteiger partial charge on any atom is -0.303 e. The van der Waals surface area contributed by atoms with E-state index in [1.54, 1.807) is 0 Å². The number of anilines is 1. The van der Waals surface area contributed by atoms with Crippen molar-refractivity contribution < 1.29 is 13.6 Å². The predicted octanol–water partition coefficient (Wildman–Crippen LogP) is 2.54. The van der Waals surface area contributed by atoms with Crippen molar-refractivity contribution in [1.29, 1.82) is 0 Å². The molecule has 0 spiro atoms. The Morgan fingerprint density at radius 1 is 1.32 bits per heavy atom. The number of nitrogens with zero attached hydrogens (tertiary/aromatic N) is 3. The van der Waals surface area contributed by atoms with E-state index in [4.69, 9.17) is 0 Å². The highest BCUT2D eigenvalue weighted by atomic mass is 32.1. The van der Waals surface area contributed by atoms with Crippen LogP contribution in [-0.2, 0) is 4.79 Å². The molecular weight excluding hydrogens is 346 g/mol. The van der Waals surface area contributed by atoms with Gasteiger partial charge in [-0.05, 0) is 32.5 Å². The average molecular weight is 366 g/mol. The number of aromatic nitrogens is 1. The van der Waals surface area contributed by atoms with Gasteiger partial charge in [0.25, 0.3) is 0 Å². The molecule has 0 aliphatic carbocycles. The number of fused-ring (bicyclic) bond motifs is 1. The Bertz CT molecular complexity index is 805. The van der Waals surface area contributed by atoms with E-state index in [9.17, 15) is 13.6 Å².